The Bertz CT molecular complexity index is 600. The van der Waals surface area contributed by atoms with Crippen molar-refractivity contribution in [2.24, 2.45) is 0 Å². The second kappa shape index (κ2) is 10.3. The number of para-hydroxylation sites is 1. The van der Waals surface area contributed by atoms with Crippen LogP contribution in [0.2, 0.25) is 0 Å². The van der Waals surface area contributed by atoms with Crippen molar-refractivity contribution in [3.05, 3.63) is 54.5 Å². The maximum absolute atomic E-state index is 10.4. The van der Waals surface area contributed by atoms with Crippen LogP contribution in [0.5, 0.6) is 5.75 Å². The summed E-state index contributed by atoms with van der Waals surface area (Å²) in [6.45, 7) is 6.84. The second-order valence-electron chi connectivity index (χ2n) is 6.55. The van der Waals surface area contributed by atoms with E-state index < -0.39 is 6.10 Å². The quantitative estimate of drug-likeness (QED) is 0.698. The van der Waals surface area contributed by atoms with Gasteiger partial charge in [0.15, 0.2) is 0 Å². The number of morpholine rings is 1. The molecule has 1 aromatic heterocycles. The van der Waals surface area contributed by atoms with E-state index in [4.69, 9.17) is 13.9 Å². The molecule has 0 radical (unpaired) electrons. The van der Waals surface area contributed by atoms with Gasteiger partial charge >= 0.3 is 0 Å². The zero-order valence-electron chi connectivity index (χ0n) is 15.1. The number of ether oxygens (including phenoxy) is 2. The average Bonchev–Trinajstić information content (AvgIpc) is 3.19. The molecule has 1 saturated heterocycles. The first-order chi connectivity index (χ1) is 12.8. The first kappa shape index (κ1) is 18.9. The highest BCUT2D eigenvalue weighted by atomic mass is 16.5. The third-order valence-electron chi connectivity index (χ3n) is 4.45. The van der Waals surface area contributed by atoms with Gasteiger partial charge in [-0.3, -0.25) is 9.80 Å². The molecule has 0 saturated carbocycles. The molecule has 0 amide bonds. The van der Waals surface area contributed by atoms with Crippen LogP contribution in [0, 0.1) is 0 Å². The molecule has 0 bridgehead atoms. The van der Waals surface area contributed by atoms with Crippen LogP contribution in [-0.2, 0) is 11.3 Å². The number of aliphatic hydroxyl groups is 1. The summed E-state index contributed by atoms with van der Waals surface area (Å²) < 4.78 is 16.6. The van der Waals surface area contributed by atoms with Crippen molar-refractivity contribution in [1.82, 2.24) is 9.80 Å². The van der Waals surface area contributed by atoms with Gasteiger partial charge in [0.2, 0.25) is 0 Å². The fourth-order valence-corrected chi connectivity index (χ4v) is 3.03. The van der Waals surface area contributed by atoms with Gasteiger partial charge in [0.25, 0.3) is 0 Å². The van der Waals surface area contributed by atoms with E-state index in [1.165, 1.54) is 0 Å². The van der Waals surface area contributed by atoms with Crippen molar-refractivity contribution >= 4 is 0 Å². The number of rotatable bonds is 10. The van der Waals surface area contributed by atoms with Crippen LogP contribution in [0.1, 0.15) is 5.76 Å². The highest BCUT2D eigenvalue weighted by Gasteiger charge is 2.17. The molecule has 2 aromatic rings. The van der Waals surface area contributed by atoms with Crippen LogP contribution in [-0.4, -0.2) is 73.6 Å². The van der Waals surface area contributed by atoms with Gasteiger partial charge in [-0.15, -0.1) is 0 Å². The normalized spacial score (nSPS) is 16.7. The number of hydrogen-bond donors (Lipinski definition) is 1. The molecular formula is C20H28N2O4. The fourth-order valence-electron chi connectivity index (χ4n) is 3.03. The Morgan fingerprint density at radius 2 is 1.92 bits per heavy atom. The average molecular weight is 360 g/mol. The summed E-state index contributed by atoms with van der Waals surface area (Å²) in [4.78, 5) is 4.61. The zero-order chi connectivity index (χ0) is 18.0. The molecule has 1 fully saturated rings. The maximum atomic E-state index is 10.4. The minimum absolute atomic E-state index is 0.274. The van der Waals surface area contributed by atoms with Gasteiger partial charge in [-0.25, -0.2) is 0 Å². The Morgan fingerprint density at radius 3 is 2.65 bits per heavy atom. The van der Waals surface area contributed by atoms with Crippen LogP contribution in [0.15, 0.2) is 53.1 Å². The molecule has 2 heterocycles. The molecule has 3 rings (SSSR count). The van der Waals surface area contributed by atoms with Crippen LogP contribution in [0.3, 0.4) is 0 Å². The lowest BCUT2D eigenvalue weighted by atomic mass is 10.3. The molecule has 6 heteroatoms. The SMILES string of the molecule is OC(COc1ccccc1)CN(CCN1CCOCC1)Cc1ccco1. The Morgan fingerprint density at radius 1 is 1.12 bits per heavy atom. The topological polar surface area (TPSA) is 58.3 Å². The highest BCUT2D eigenvalue weighted by Crippen LogP contribution is 2.10. The minimum Gasteiger partial charge on any atom is -0.491 e. The van der Waals surface area contributed by atoms with Gasteiger partial charge in [0.1, 0.15) is 24.2 Å². The van der Waals surface area contributed by atoms with Crippen molar-refractivity contribution in [2.75, 3.05) is 52.5 Å². The van der Waals surface area contributed by atoms with Crippen molar-refractivity contribution in [3.63, 3.8) is 0 Å². The molecule has 0 spiro atoms. The van der Waals surface area contributed by atoms with E-state index >= 15 is 0 Å². The molecule has 1 aliphatic rings. The van der Waals surface area contributed by atoms with Crippen LogP contribution >= 0.6 is 0 Å². The summed E-state index contributed by atoms with van der Waals surface area (Å²) in [6, 6.07) is 13.4. The number of hydrogen-bond acceptors (Lipinski definition) is 6. The summed E-state index contributed by atoms with van der Waals surface area (Å²) in [5.41, 5.74) is 0. The Labute approximate surface area is 154 Å². The first-order valence-corrected chi connectivity index (χ1v) is 9.20. The molecule has 1 aliphatic heterocycles. The molecule has 1 unspecified atom stereocenters. The molecule has 1 atom stereocenters. The molecular weight excluding hydrogens is 332 g/mol. The summed E-state index contributed by atoms with van der Waals surface area (Å²) in [7, 11) is 0. The van der Waals surface area contributed by atoms with E-state index in [0.29, 0.717) is 13.1 Å². The van der Waals surface area contributed by atoms with Crippen molar-refractivity contribution in [3.8, 4) is 5.75 Å². The van der Waals surface area contributed by atoms with Crippen LogP contribution in [0.25, 0.3) is 0 Å². The maximum Gasteiger partial charge on any atom is 0.119 e. The van der Waals surface area contributed by atoms with Crippen LogP contribution < -0.4 is 4.74 Å². The van der Waals surface area contributed by atoms with Gasteiger partial charge in [0, 0.05) is 32.7 Å². The summed E-state index contributed by atoms with van der Waals surface area (Å²) in [5.74, 6) is 1.68. The minimum atomic E-state index is -0.560. The van der Waals surface area contributed by atoms with E-state index in [2.05, 4.69) is 9.80 Å². The summed E-state index contributed by atoms with van der Waals surface area (Å²) in [6.07, 6.45) is 1.12. The van der Waals surface area contributed by atoms with E-state index in [1.807, 2.05) is 42.5 Å². The third-order valence-corrected chi connectivity index (χ3v) is 4.45. The van der Waals surface area contributed by atoms with Crippen LogP contribution in [0.4, 0.5) is 0 Å². The Kier molecular flexibility index (Phi) is 7.51. The number of benzene rings is 1. The van der Waals surface area contributed by atoms with Gasteiger partial charge in [-0.1, -0.05) is 18.2 Å². The lowest BCUT2D eigenvalue weighted by molar-refractivity contribution is 0.0247. The van der Waals surface area contributed by atoms with Crippen molar-refractivity contribution in [1.29, 1.82) is 0 Å². The van der Waals surface area contributed by atoms with Gasteiger partial charge in [0.05, 0.1) is 26.0 Å². The van der Waals surface area contributed by atoms with Crippen molar-refractivity contribution < 1.29 is 19.0 Å². The van der Waals surface area contributed by atoms with Gasteiger partial charge < -0.3 is 19.0 Å². The van der Waals surface area contributed by atoms with E-state index in [9.17, 15) is 5.11 Å². The largest absolute Gasteiger partial charge is 0.491 e. The highest BCUT2D eigenvalue weighted by molar-refractivity contribution is 5.20. The first-order valence-electron chi connectivity index (χ1n) is 9.20. The van der Waals surface area contributed by atoms with Gasteiger partial charge in [-0.05, 0) is 24.3 Å². The molecule has 0 aliphatic carbocycles. The second-order valence-corrected chi connectivity index (χ2v) is 6.55. The molecule has 142 valence electrons. The van der Waals surface area contributed by atoms with E-state index in [1.54, 1.807) is 6.26 Å². The molecule has 6 nitrogen and oxygen atoms in total. The smallest absolute Gasteiger partial charge is 0.119 e. The lowest BCUT2D eigenvalue weighted by Crippen LogP contribution is -2.43. The molecule has 26 heavy (non-hydrogen) atoms. The Hall–Kier alpha value is -1.86. The number of furan rings is 1. The van der Waals surface area contributed by atoms with E-state index in [0.717, 1.165) is 50.9 Å². The summed E-state index contributed by atoms with van der Waals surface area (Å²) >= 11 is 0. The van der Waals surface area contributed by atoms with Crippen molar-refractivity contribution in [2.45, 2.75) is 12.6 Å². The molecule has 1 N–H and O–H groups in total. The Balaban J connectivity index is 1.48. The summed E-state index contributed by atoms with van der Waals surface area (Å²) in [5, 5.41) is 10.4. The number of aliphatic hydroxyl groups excluding tert-OH is 1. The molecule has 1 aromatic carbocycles. The predicted molar refractivity (Wildman–Crippen MR) is 99.2 cm³/mol. The lowest BCUT2D eigenvalue weighted by Gasteiger charge is -2.30. The zero-order valence-corrected chi connectivity index (χ0v) is 15.1. The fraction of sp³-hybridized carbons (Fsp3) is 0.500. The monoisotopic (exact) mass is 360 g/mol. The van der Waals surface area contributed by atoms with E-state index in [-0.39, 0.29) is 6.61 Å². The standard InChI is InChI=1S/C20H28N2O4/c23-18(17-26-19-5-2-1-3-6-19)15-22(16-20-7-4-12-25-20)9-8-21-10-13-24-14-11-21/h1-7,12,18,23H,8-11,13-17H2. The number of nitrogens with zero attached hydrogens (tertiary/aromatic N) is 2. The predicted octanol–water partition coefficient (Wildman–Crippen LogP) is 1.85. The third kappa shape index (κ3) is 6.46. The van der Waals surface area contributed by atoms with Gasteiger partial charge in [-0.2, -0.15) is 0 Å².